The van der Waals surface area contributed by atoms with E-state index in [0.29, 0.717) is 36.6 Å². The third-order valence-corrected chi connectivity index (χ3v) is 2.97. The van der Waals surface area contributed by atoms with Gasteiger partial charge in [-0.15, -0.1) is 5.10 Å². The molecule has 0 aliphatic heterocycles. The van der Waals surface area contributed by atoms with Gasteiger partial charge in [0, 0.05) is 18.2 Å². The largest absolute Gasteiger partial charge is 0.407 e. The molecule has 1 fully saturated rings. The minimum atomic E-state index is -0.245. The van der Waals surface area contributed by atoms with Gasteiger partial charge in [-0.1, -0.05) is 23.3 Å². The predicted molar refractivity (Wildman–Crippen MR) is 67.9 cm³/mol. The summed E-state index contributed by atoms with van der Waals surface area (Å²) in [6.07, 6.45) is 2.43. The lowest BCUT2D eigenvalue weighted by molar-refractivity contribution is 0.475. The van der Waals surface area contributed by atoms with Crippen LogP contribution in [0, 0.1) is 5.82 Å². The zero-order valence-corrected chi connectivity index (χ0v) is 10.4. The molecule has 1 heterocycles. The second-order valence-corrected chi connectivity index (χ2v) is 4.60. The lowest BCUT2D eigenvalue weighted by atomic mass is 10.2. The normalized spacial score (nSPS) is 14.6. The third kappa shape index (κ3) is 3.29. The maximum Gasteiger partial charge on any atom is 0.315 e. The standard InChI is InChI=1S/C13H15FN4O/c14-11-4-2-1-3-9(11)7-16-13-18-17-12(19-13)8-15-10-5-6-10/h1-4,10,15H,5-8H2,(H,16,18). The average molecular weight is 262 g/mol. The molecule has 0 bridgehead atoms. The first-order valence-electron chi connectivity index (χ1n) is 6.34. The smallest absolute Gasteiger partial charge is 0.315 e. The van der Waals surface area contributed by atoms with Crippen LogP contribution in [0.15, 0.2) is 28.7 Å². The summed E-state index contributed by atoms with van der Waals surface area (Å²) in [6.45, 7) is 0.906. The lowest BCUT2D eigenvalue weighted by Gasteiger charge is -2.02. The van der Waals surface area contributed by atoms with Gasteiger partial charge in [-0.25, -0.2) is 4.39 Å². The second-order valence-electron chi connectivity index (χ2n) is 4.60. The second kappa shape index (κ2) is 5.36. The van der Waals surface area contributed by atoms with E-state index in [1.807, 2.05) is 0 Å². The van der Waals surface area contributed by atoms with Gasteiger partial charge in [0.2, 0.25) is 5.89 Å². The highest BCUT2D eigenvalue weighted by Gasteiger charge is 2.21. The van der Waals surface area contributed by atoms with Crippen molar-refractivity contribution in [3.8, 4) is 0 Å². The molecule has 2 N–H and O–H groups in total. The van der Waals surface area contributed by atoms with Crippen LogP contribution in [0.4, 0.5) is 10.4 Å². The number of nitrogens with zero attached hydrogens (tertiary/aromatic N) is 2. The first-order chi connectivity index (χ1) is 9.31. The van der Waals surface area contributed by atoms with Crippen molar-refractivity contribution in [3.63, 3.8) is 0 Å². The van der Waals surface area contributed by atoms with Crippen LogP contribution >= 0.6 is 0 Å². The number of benzene rings is 1. The maximum absolute atomic E-state index is 13.4. The van der Waals surface area contributed by atoms with Crippen LogP contribution in [0.1, 0.15) is 24.3 Å². The molecule has 100 valence electrons. The van der Waals surface area contributed by atoms with Gasteiger partial charge >= 0.3 is 6.01 Å². The molecule has 19 heavy (non-hydrogen) atoms. The summed E-state index contributed by atoms with van der Waals surface area (Å²) in [5.74, 6) is 0.299. The SMILES string of the molecule is Fc1ccccc1CNc1nnc(CNC2CC2)o1. The number of hydrogen-bond acceptors (Lipinski definition) is 5. The maximum atomic E-state index is 13.4. The van der Waals surface area contributed by atoms with Crippen molar-refractivity contribution in [1.82, 2.24) is 15.5 Å². The van der Waals surface area contributed by atoms with Gasteiger partial charge in [-0.2, -0.15) is 0 Å². The molecule has 2 aromatic rings. The summed E-state index contributed by atoms with van der Waals surface area (Å²) in [4.78, 5) is 0. The van der Waals surface area contributed by atoms with Crippen LogP contribution in [0.3, 0.4) is 0 Å². The molecular formula is C13H15FN4O. The Morgan fingerprint density at radius 1 is 1.21 bits per heavy atom. The number of aromatic nitrogens is 2. The van der Waals surface area contributed by atoms with Gasteiger partial charge in [-0.05, 0) is 18.9 Å². The molecule has 5 nitrogen and oxygen atoms in total. The van der Waals surface area contributed by atoms with E-state index in [1.165, 1.54) is 18.9 Å². The molecule has 0 radical (unpaired) electrons. The summed E-state index contributed by atoms with van der Waals surface area (Å²) >= 11 is 0. The number of anilines is 1. The van der Waals surface area contributed by atoms with Crippen LogP contribution < -0.4 is 10.6 Å². The van der Waals surface area contributed by atoms with E-state index >= 15 is 0 Å². The highest BCUT2D eigenvalue weighted by atomic mass is 19.1. The Morgan fingerprint density at radius 3 is 2.84 bits per heavy atom. The quantitative estimate of drug-likeness (QED) is 0.834. The van der Waals surface area contributed by atoms with Crippen molar-refractivity contribution in [1.29, 1.82) is 0 Å². The van der Waals surface area contributed by atoms with Crippen molar-refractivity contribution in [2.75, 3.05) is 5.32 Å². The first-order valence-corrected chi connectivity index (χ1v) is 6.34. The van der Waals surface area contributed by atoms with Crippen molar-refractivity contribution in [3.05, 3.63) is 41.5 Å². The Bertz CT molecular complexity index is 553. The monoisotopic (exact) mass is 262 g/mol. The highest BCUT2D eigenvalue weighted by molar-refractivity contribution is 5.24. The highest BCUT2D eigenvalue weighted by Crippen LogP contribution is 2.19. The van der Waals surface area contributed by atoms with Crippen LogP contribution in [0.2, 0.25) is 0 Å². The fraction of sp³-hybridized carbons (Fsp3) is 0.385. The van der Waals surface area contributed by atoms with Gasteiger partial charge < -0.3 is 15.1 Å². The molecule has 1 aromatic heterocycles. The summed E-state index contributed by atoms with van der Waals surface area (Å²) in [5.41, 5.74) is 0.568. The zero-order chi connectivity index (χ0) is 13.1. The van der Waals surface area contributed by atoms with Crippen molar-refractivity contribution in [2.24, 2.45) is 0 Å². The minimum Gasteiger partial charge on any atom is -0.407 e. The van der Waals surface area contributed by atoms with Crippen molar-refractivity contribution >= 4 is 6.01 Å². The summed E-state index contributed by atoms with van der Waals surface area (Å²) in [6, 6.07) is 7.51. The third-order valence-electron chi connectivity index (χ3n) is 2.97. The molecular weight excluding hydrogens is 247 g/mol. The Kier molecular flexibility index (Phi) is 3.41. The molecule has 1 aromatic carbocycles. The fourth-order valence-electron chi connectivity index (χ4n) is 1.73. The van der Waals surface area contributed by atoms with Crippen LogP contribution in [0.5, 0.6) is 0 Å². The molecule has 1 saturated carbocycles. The Morgan fingerprint density at radius 2 is 2.05 bits per heavy atom. The lowest BCUT2D eigenvalue weighted by Crippen LogP contribution is -2.15. The molecule has 3 rings (SSSR count). The van der Waals surface area contributed by atoms with Crippen LogP contribution in [-0.4, -0.2) is 16.2 Å². The van der Waals surface area contributed by atoms with Gasteiger partial charge in [0.15, 0.2) is 0 Å². The van der Waals surface area contributed by atoms with Crippen molar-refractivity contribution < 1.29 is 8.81 Å². The van der Waals surface area contributed by atoms with E-state index < -0.39 is 0 Å². The van der Waals surface area contributed by atoms with Crippen molar-refractivity contribution in [2.45, 2.75) is 32.0 Å². The van der Waals surface area contributed by atoms with Gasteiger partial charge in [0.05, 0.1) is 6.54 Å². The van der Waals surface area contributed by atoms with E-state index in [2.05, 4.69) is 20.8 Å². The van der Waals surface area contributed by atoms with E-state index in [4.69, 9.17) is 4.42 Å². The number of hydrogen-bond donors (Lipinski definition) is 2. The Labute approximate surface area is 110 Å². The van der Waals surface area contributed by atoms with Crippen LogP contribution in [-0.2, 0) is 13.1 Å². The molecule has 0 saturated heterocycles. The van der Waals surface area contributed by atoms with Gasteiger partial charge in [0.1, 0.15) is 5.82 Å². The molecule has 0 atom stereocenters. The average Bonchev–Trinajstić information content (AvgIpc) is 3.14. The molecule has 0 unspecified atom stereocenters. The van der Waals surface area contributed by atoms with E-state index in [1.54, 1.807) is 18.2 Å². The Balaban J connectivity index is 1.53. The van der Waals surface area contributed by atoms with E-state index in [9.17, 15) is 4.39 Å². The molecule has 0 amide bonds. The topological polar surface area (TPSA) is 63.0 Å². The first kappa shape index (κ1) is 12.1. The molecule has 1 aliphatic rings. The fourth-order valence-corrected chi connectivity index (χ4v) is 1.73. The zero-order valence-electron chi connectivity index (χ0n) is 10.4. The van der Waals surface area contributed by atoms with Gasteiger partial charge in [0.25, 0.3) is 0 Å². The summed E-state index contributed by atoms with van der Waals surface area (Å²) in [7, 11) is 0. The van der Waals surface area contributed by atoms with Crippen LogP contribution in [0.25, 0.3) is 0 Å². The summed E-state index contributed by atoms with van der Waals surface area (Å²) in [5, 5.41) is 14.0. The number of halogens is 1. The predicted octanol–water partition coefficient (Wildman–Crippen LogP) is 2.07. The minimum absolute atomic E-state index is 0.245. The molecule has 6 heteroatoms. The summed E-state index contributed by atoms with van der Waals surface area (Å²) < 4.78 is 18.8. The molecule has 1 aliphatic carbocycles. The molecule has 0 spiro atoms. The van der Waals surface area contributed by atoms with E-state index in [0.717, 1.165) is 0 Å². The number of nitrogens with one attached hydrogen (secondary N) is 2. The Hall–Kier alpha value is -1.95. The van der Waals surface area contributed by atoms with Gasteiger partial charge in [-0.3, -0.25) is 0 Å². The number of rotatable bonds is 6. The van der Waals surface area contributed by atoms with E-state index in [-0.39, 0.29) is 5.82 Å².